The Hall–Kier alpha value is -1.50. The van der Waals surface area contributed by atoms with Crippen LogP contribution in [-0.2, 0) is 11.3 Å². The molecule has 0 amide bonds. The van der Waals surface area contributed by atoms with E-state index in [2.05, 4.69) is 51.1 Å². The van der Waals surface area contributed by atoms with Crippen LogP contribution in [0.4, 0.5) is 0 Å². The molecule has 2 rings (SSSR count). The van der Waals surface area contributed by atoms with Crippen molar-refractivity contribution in [3.63, 3.8) is 0 Å². The Morgan fingerprint density at radius 2 is 1.94 bits per heavy atom. The molecule has 0 radical (unpaired) electrons. The van der Waals surface area contributed by atoms with Crippen LogP contribution in [-0.4, -0.2) is 0 Å². The normalized spacial score (nSPS) is 23.0. The molecule has 1 heteroatoms. The largest absolute Gasteiger partial charge is 0.489 e. The molecular weight excluding hydrogens is 220 g/mol. The van der Waals surface area contributed by atoms with Gasteiger partial charge in [-0.3, -0.25) is 0 Å². The Balaban J connectivity index is 1.91. The van der Waals surface area contributed by atoms with Gasteiger partial charge in [-0.05, 0) is 35.5 Å². The molecule has 1 aromatic carbocycles. The zero-order valence-corrected chi connectivity index (χ0v) is 11.5. The Morgan fingerprint density at radius 1 is 1.22 bits per heavy atom. The summed E-state index contributed by atoms with van der Waals surface area (Å²) in [5.41, 5.74) is 1.49. The van der Waals surface area contributed by atoms with Gasteiger partial charge in [0.2, 0.25) is 0 Å². The van der Waals surface area contributed by atoms with E-state index >= 15 is 0 Å². The van der Waals surface area contributed by atoms with Crippen molar-refractivity contribution in [2.45, 2.75) is 33.8 Å². The summed E-state index contributed by atoms with van der Waals surface area (Å²) in [5.74, 6) is 1.65. The first-order valence-electron chi connectivity index (χ1n) is 6.66. The maximum Gasteiger partial charge on any atom is 0.115 e. The molecule has 0 N–H and O–H groups in total. The van der Waals surface area contributed by atoms with Crippen LogP contribution in [0.2, 0.25) is 0 Å². The van der Waals surface area contributed by atoms with Crippen molar-refractivity contribution in [2.24, 2.45) is 11.3 Å². The fourth-order valence-electron chi connectivity index (χ4n) is 2.01. The lowest BCUT2D eigenvalue weighted by Gasteiger charge is -2.32. The Bertz CT molecular complexity index is 442. The van der Waals surface area contributed by atoms with Crippen molar-refractivity contribution in [1.29, 1.82) is 0 Å². The summed E-state index contributed by atoms with van der Waals surface area (Å²) in [6.07, 6.45) is 7.68. The van der Waals surface area contributed by atoms with E-state index in [1.54, 1.807) is 0 Å². The molecule has 1 nitrogen and oxygen atoms in total. The molecule has 0 saturated heterocycles. The predicted octanol–water partition coefficient (Wildman–Crippen LogP) is 4.71. The highest BCUT2D eigenvalue weighted by molar-refractivity contribution is 5.23. The third-order valence-electron chi connectivity index (χ3n) is 3.94. The topological polar surface area (TPSA) is 9.23 Å². The predicted molar refractivity (Wildman–Crippen MR) is 76.0 cm³/mol. The van der Waals surface area contributed by atoms with Gasteiger partial charge in [-0.1, -0.05) is 57.2 Å². The summed E-state index contributed by atoms with van der Waals surface area (Å²) in [6, 6.07) is 10.3. The van der Waals surface area contributed by atoms with Gasteiger partial charge in [0.1, 0.15) is 12.4 Å². The van der Waals surface area contributed by atoms with Crippen LogP contribution in [0.15, 0.2) is 54.3 Å². The van der Waals surface area contributed by atoms with Crippen molar-refractivity contribution < 1.29 is 4.74 Å². The molecule has 1 aromatic rings. The van der Waals surface area contributed by atoms with Gasteiger partial charge in [0, 0.05) is 0 Å². The van der Waals surface area contributed by atoms with Crippen molar-refractivity contribution in [2.75, 3.05) is 0 Å². The molecule has 18 heavy (non-hydrogen) atoms. The van der Waals surface area contributed by atoms with E-state index in [4.69, 9.17) is 4.74 Å². The summed E-state index contributed by atoms with van der Waals surface area (Å²) in [5, 5.41) is 0. The van der Waals surface area contributed by atoms with E-state index in [0.29, 0.717) is 12.5 Å². The molecule has 0 fully saturated rings. The van der Waals surface area contributed by atoms with Crippen molar-refractivity contribution in [3.05, 3.63) is 59.9 Å². The van der Waals surface area contributed by atoms with Crippen LogP contribution in [0, 0.1) is 11.3 Å². The Labute approximate surface area is 110 Å². The van der Waals surface area contributed by atoms with E-state index in [1.165, 1.54) is 5.56 Å². The first-order chi connectivity index (χ1) is 8.60. The molecule has 0 bridgehead atoms. The Kier molecular flexibility index (Phi) is 3.90. The van der Waals surface area contributed by atoms with Crippen molar-refractivity contribution in [1.82, 2.24) is 0 Å². The summed E-state index contributed by atoms with van der Waals surface area (Å²) in [4.78, 5) is 0. The third kappa shape index (κ3) is 3.04. The standard InChI is InChI=1S/C17H22O/c1-14(2)17(3)11-9-16(10-12-17)18-13-15-7-5-4-6-8-15/h4-11,14H,12-13H2,1-3H3. The van der Waals surface area contributed by atoms with Gasteiger partial charge in [-0.25, -0.2) is 0 Å². The molecular formula is C17H22O. The maximum atomic E-state index is 5.82. The average Bonchev–Trinajstić information content (AvgIpc) is 2.39. The molecule has 0 heterocycles. The number of benzene rings is 1. The van der Waals surface area contributed by atoms with Gasteiger partial charge in [0.15, 0.2) is 0 Å². The SMILES string of the molecule is CC(C)C1(C)C=CC(OCc2ccccc2)=CC1. The monoisotopic (exact) mass is 242 g/mol. The van der Waals surface area contributed by atoms with Gasteiger partial charge >= 0.3 is 0 Å². The lowest BCUT2D eigenvalue weighted by atomic mass is 9.74. The average molecular weight is 242 g/mol. The smallest absolute Gasteiger partial charge is 0.115 e. The molecule has 96 valence electrons. The molecule has 1 aliphatic rings. The summed E-state index contributed by atoms with van der Waals surface area (Å²) in [7, 11) is 0. The van der Waals surface area contributed by atoms with E-state index in [-0.39, 0.29) is 5.41 Å². The quantitative estimate of drug-likeness (QED) is 0.743. The molecule has 0 aromatic heterocycles. The fraction of sp³-hybridized carbons (Fsp3) is 0.412. The molecule has 1 atom stereocenters. The lowest BCUT2D eigenvalue weighted by Crippen LogP contribution is -2.22. The summed E-state index contributed by atoms with van der Waals surface area (Å²) < 4.78 is 5.82. The molecule has 0 aliphatic heterocycles. The van der Waals surface area contributed by atoms with Crippen LogP contribution < -0.4 is 0 Å². The van der Waals surface area contributed by atoms with Crippen LogP contribution in [0.3, 0.4) is 0 Å². The second-order valence-corrected chi connectivity index (χ2v) is 5.58. The first-order valence-corrected chi connectivity index (χ1v) is 6.66. The van der Waals surface area contributed by atoms with E-state index < -0.39 is 0 Å². The number of hydrogen-bond acceptors (Lipinski definition) is 1. The summed E-state index contributed by atoms with van der Waals surface area (Å²) in [6.45, 7) is 7.50. The third-order valence-corrected chi connectivity index (χ3v) is 3.94. The van der Waals surface area contributed by atoms with E-state index in [1.807, 2.05) is 18.2 Å². The summed E-state index contributed by atoms with van der Waals surface area (Å²) >= 11 is 0. The number of ether oxygens (including phenoxy) is 1. The fourth-order valence-corrected chi connectivity index (χ4v) is 2.01. The van der Waals surface area contributed by atoms with E-state index in [0.717, 1.165) is 12.2 Å². The first kappa shape index (κ1) is 12.9. The van der Waals surface area contributed by atoms with Crippen LogP contribution in [0.5, 0.6) is 0 Å². The number of rotatable bonds is 4. The molecule has 0 saturated carbocycles. The second-order valence-electron chi connectivity index (χ2n) is 5.58. The van der Waals surface area contributed by atoms with Gasteiger partial charge in [-0.2, -0.15) is 0 Å². The number of allylic oxidation sites excluding steroid dienone is 3. The highest BCUT2D eigenvalue weighted by atomic mass is 16.5. The zero-order chi connectivity index (χ0) is 13.0. The van der Waals surface area contributed by atoms with Gasteiger partial charge in [-0.15, -0.1) is 0 Å². The van der Waals surface area contributed by atoms with Crippen molar-refractivity contribution in [3.8, 4) is 0 Å². The minimum Gasteiger partial charge on any atom is -0.489 e. The van der Waals surface area contributed by atoms with Crippen LogP contribution in [0.25, 0.3) is 0 Å². The molecule has 1 aliphatic carbocycles. The second kappa shape index (κ2) is 5.43. The minimum absolute atomic E-state index is 0.277. The van der Waals surface area contributed by atoms with Gasteiger partial charge in [0.25, 0.3) is 0 Å². The Morgan fingerprint density at radius 3 is 2.50 bits per heavy atom. The highest BCUT2D eigenvalue weighted by Gasteiger charge is 2.26. The highest BCUT2D eigenvalue weighted by Crippen LogP contribution is 2.36. The number of hydrogen-bond donors (Lipinski definition) is 0. The lowest BCUT2D eigenvalue weighted by molar-refractivity contribution is 0.200. The minimum atomic E-state index is 0.277. The van der Waals surface area contributed by atoms with Crippen LogP contribution in [0.1, 0.15) is 32.8 Å². The van der Waals surface area contributed by atoms with E-state index in [9.17, 15) is 0 Å². The maximum absolute atomic E-state index is 5.82. The van der Waals surface area contributed by atoms with Crippen LogP contribution >= 0.6 is 0 Å². The van der Waals surface area contributed by atoms with Gasteiger partial charge < -0.3 is 4.74 Å². The zero-order valence-electron chi connectivity index (χ0n) is 11.5. The van der Waals surface area contributed by atoms with Gasteiger partial charge in [0.05, 0.1) is 0 Å². The van der Waals surface area contributed by atoms with Crippen molar-refractivity contribution >= 4 is 0 Å². The molecule has 0 spiro atoms. The molecule has 1 unspecified atom stereocenters.